The van der Waals surface area contributed by atoms with Gasteiger partial charge in [0.25, 0.3) is 0 Å². The Balaban J connectivity index is 2.47. The maximum atomic E-state index is 6.22. The molecule has 0 radical (unpaired) electrons. The molecule has 0 amide bonds. The minimum atomic E-state index is 0.109. The van der Waals surface area contributed by atoms with Gasteiger partial charge < -0.3 is 10.1 Å². The summed E-state index contributed by atoms with van der Waals surface area (Å²) in [6.07, 6.45) is 0. The van der Waals surface area contributed by atoms with E-state index in [-0.39, 0.29) is 12.0 Å². The Morgan fingerprint density at radius 3 is 2.43 bits per heavy atom. The average Bonchev–Trinajstić information content (AvgIpc) is 2.48. The zero-order valence-corrected chi connectivity index (χ0v) is 14.7. The van der Waals surface area contributed by atoms with Gasteiger partial charge in [-0.2, -0.15) is 0 Å². The SMILES string of the molecule is CNC(c1cc(Cl)cc(Br)c1OC)C(C)c1ccccc1. The molecule has 0 heterocycles. The molecule has 2 rings (SSSR count). The fourth-order valence-electron chi connectivity index (χ4n) is 2.65. The van der Waals surface area contributed by atoms with Gasteiger partial charge in [0.1, 0.15) is 5.75 Å². The number of hydrogen-bond acceptors (Lipinski definition) is 2. The van der Waals surface area contributed by atoms with Crippen LogP contribution in [0.15, 0.2) is 46.9 Å². The Morgan fingerprint density at radius 2 is 1.86 bits per heavy atom. The van der Waals surface area contributed by atoms with E-state index in [2.05, 4.69) is 52.4 Å². The van der Waals surface area contributed by atoms with Gasteiger partial charge in [-0.15, -0.1) is 0 Å². The first kappa shape index (κ1) is 16.3. The number of halogens is 2. The molecule has 0 aliphatic carbocycles. The smallest absolute Gasteiger partial charge is 0.137 e. The van der Waals surface area contributed by atoms with Crippen molar-refractivity contribution < 1.29 is 4.74 Å². The molecule has 2 atom stereocenters. The van der Waals surface area contributed by atoms with Crippen molar-refractivity contribution in [2.24, 2.45) is 0 Å². The fraction of sp³-hybridized carbons (Fsp3) is 0.294. The van der Waals surface area contributed by atoms with E-state index in [1.54, 1.807) is 7.11 Å². The van der Waals surface area contributed by atoms with Crippen molar-refractivity contribution in [1.29, 1.82) is 0 Å². The van der Waals surface area contributed by atoms with E-state index >= 15 is 0 Å². The summed E-state index contributed by atoms with van der Waals surface area (Å²) in [5.74, 6) is 1.11. The number of methoxy groups -OCH3 is 1. The van der Waals surface area contributed by atoms with Crippen LogP contribution in [0, 0.1) is 0 Å². The first-order chi connectivity index (χ1) is 10.1. The molecule has 2 aromatic rings. The fourth-order valence-corrected chi connectivity index (χ4v) is 3.65. The molecule has 0 spiro atoms. The minimum Gasteiger partial charge on any atom is -0.495 e. The van der Waals surface area contributed by atoms with Gasteiger partial charge in [-0.3, -0.25) is 0 Å². The van der Waals surface area contributed by atoms with E-state index < -0.39 is 0 Å². The van der Waals surface area contributed by atoms with Crippen molar-refractivity contribution in [2.75, 3.05) is 14.2 Å². The first-order valence-electron chi connectivity index (χ1n) is 6.83. The van der Waals surface area contributed by atoms with Gasteiger partial charge >= 0.3 is 0 Å². The van der Waals surface area contributed by atoms with Crippen molar-refractivity contribution in [3.8, 4) is 5.75 Å². The largest absolute Gasteiger partial charge is 0.495 e. The van der Waals surface area contributed by atoms with Gasteiger partial charge in [0.05, 0.1) is 11.6 Å². The van der Waals surface area contributed by atoms with E-state index in [0.29, 0.717) is 5.02 Å². The quantitative estimate of drug-likeness (QED) is 0.785. The van der Waals surface area contributed by atoms with Crippen LogP contribution < -0.4 is 10.1 Å². The number of ether oxygens (including phenoxy) is 1. The predicted molar refractivity (Wildman–Crippen MR) is 92.4 cm³/mol. The Kier molecular flexibility index (Phi) is 5.68. The van der Waals surface area contributed by atoms with E-state index in [4.69, 9.17) is 16.3 Å². The van der Waals surface area contributed by atoms with Gasteiger partial charge in [-0.1, -0.05) is 48.9 Å². The number of likely N-dealkylation sites (N-methyl/N-ethyl adjacent to an activating group) is 1. The highest BCUT2D eigenvalue weighted by Gasteiger charge is 2.24. The van der Waals surface area contributed by atoms with E-state index in [1.807, 2.05) is 25.2 Å². The van der Waals surface area contributed by atoms with Crippen LogP contribution in [-0.4, -0.2) is 14.2 Å². The Hall–Kier alpha value is -1.03. The highest BCUT2D eigenvalue weighted by Crippen LogP contribution is 2.40. The molecule has 0 saturated heterocycles. The molecule has 1 N–H and O–H groups in total. The Labute approximate surface area is 139 Å². The van der Waals surface area contributed by atoms with Crippen LogP contribution in [0.5, 0.6) is 5.75 Å². The molecule has 112 valence electrons. The summed E-state index contributed by atoms with van der Waals surface area (Å²) in [5, 5.41) is 4.08. The molecule has 2 aromatic carbocycles. The Morgan fingerprint density at radius 1 is 1.19 bits per heavy atom. The van der Waals surface area contributed by atoms with E-state index in [9.17, 15) is 0 Å². The molecule has 0 aromatic heterocycles. The second-order valence-electron chi connectivity index (χ2n) is 4.98. The zero-order chi connectivity index (χ0) is 15.4. The number of benzene rings is 2. The van der Waals surface area contributed by atoms with Crippen molar-refractivity contribution in [1.82, 2.24) is 5.32 Å². The van der Waals surface area contributed by atoms with Crippen LogP contribution in [0.4, 0.5) is 0 Å². The molecular formula is C17H19BrClNO. The van der Waals surface area contributed by atoms with Gasteiger partial charge in [-0.25, -0.2) is 0 Å². The third-order valence-electron chi connectivity index (χ3n) is 3.71. The lowest BCUT2D eigenvalue weighted by Gasteiger charge is -2.26. The van der Waals surface area contributed by atoms with Crippen LogP contribution in [0.3, 0.4) is 0 Å². The molecule has 0 fully saturated rings. The summed E-state index contributed by atoms with van der Waals surface area (Å²) in [4.78, 5) is 0. The summed E-state index contributed by atoms with van der Waals surface area (Å²) >= 11 is 9.74. The number of hydrogen-bond donors (Lipinski definition) is 1. The monoisotopic (exact) mass is 367 g/mol. The number of nitrogens with one attached hydrogen (secondary N) is 1. The molecule has 0 bridgehead atoms. The van der Waals surface area contributed by atoms with Crippen LogP contribution in [0.25, 0.3) is 0 Å². The lowest BCUT2D eigenvalue weighted by atomic mass is 9.88. The van der Waals surface area contributed by atoms with Crippen LogP contribution in [-0.2, 0) is 0 Å². The topological polar surface area (TPSA) is 21.3 Å². The molecule has 2 nitrogen and oxygen atoms in total. The van der Waals surface area contributed by atoms with Gasteiger partial charge in [0, 0.05) is 22.5 Å². The summed E-state index contributed by atoms with van der Waals surface area (Å²) in [5.41, 5.74) is 2.32. The predicted octanol–water partition coefficient (Wildman–Crippen LogP) is 5.18. The molecule has 0 saturated carbocycles. The van der Waals surface area contributed by atoms with Gasteiger partial charge in [0.15, 0.2) is 0 Å². The highest BCUT2D eigenvalue weighted by atomic mass is 79.9. The summed E-state index contributed by atoms with van der Waals surface area (Å²) < 4.78 is 6.42. The lowest BCUT2D eigenvalue weighted by molar-refractivity contribution is 0.392. The van der Waals surface area contributed by atoms with Gasteiger partial charge in [0.2, 0.25) is 0 Å². The molecule has 4 heteroatoms. The van der Waals surface area contributed by atoms with Crippen molar-refractivity contribution >= 4 is 27.5 Å². The van der Waals surface area contributed by atoms with Crippen molar-refractivity contribution in [2.45, 2.75) is 18.9 Å². The van der Waals surface area contributed by atoms with Crippen LogP contribution in [0.2, 0.25) is 5.02 Å². The second-order valence-corrected chi connectivity index (χ2v) is 6.27. The molecule has 2 unspecified atom stereocenters. The Bertz CT molecular complexity index is 603. The summed E-state index contributed by atoms with van der Waals surface area (Å²) in [6, 6.07) is 14.4. The maximum absolute atomic E-state index is 6.22. The normalized spacial score (nSPS) is 13.8. The van der Waals surface area contributed by atoms with Crippen molar-refractivity contribution in [3.63, 3.8) is 0 Å². The molecule has 0 aliphatic heterocycles. The average molecular weight is 369 g/mol. The maximum Gasteiger partial charge on any atom is 0.137 e. The highest BCUT2D eigenvalue weighted by molar-refractivity contribution is 9.10. The van der Waals surface area contributed by atoms with Crippen molar-refractivity contribution in [3.05, 3.63) is 63.1 Å². The minimum absolute atomic E-state index is 0.109. The lowest BCUT2D eigenvalue weighted by Crippen LogP contribution is -2.23. The first-order valence-corrected chi connectivity index (χ1v) is 8.00. The molecule has 21 heavy (non-hydrogen) atoms. The standard InChI is InChI=1S/C17H19BrClNO/c1-11(12-7-5-4-6-8-12)16(20-2)14-9-13(19)10-15(18)17(14)21-3/h4-11,16,20H,1-3H3. The summed E-state index contributed by atoms with van der Waals surface area (Å²) in [6.45, 7) is 2.20. The number of rotatable bonds is 5. The third kappa shape index (κ3) is 3.60. The van der Waals surface area contributed by atoms with E-state index in [0.717, 1.165) is 15.8 Å². The molecular weight excluding hydrogens is 350 g/mol. The van der Waals surface area contributed by atoms with Gasteiger partial charge in [-0.05, 0) is 40.7 Å². The third-order valence-corrected chi connectivity index (χ3v) is 4.52. The summed E-state index contributed by atoms with van der Waals surface area (Å²) in [7, 11) is 3.63. The van der Waals surface area contributed by atoms with Crippen LogP contribution >= 0.6 is 27.5 Å². The second kappa shape index (κ2) is 7.30. The van der Waals surface area contributed by atoms with Crippen LogP contribution in [0.1, 0.15) is 30.0 Å². The molecule has 0 aliphatic rings. The zero-order valence-electron chi connectivity index (χ0n) is 12.4. The van der Waals surface area contributed by atoms with E-state index in [1.165, 1.54) is 5.56 Å².